The summed E-state index contributed by atoms with van der Waals surface area (Å²) >= 11 is 0. The minimum atomic E-state index is 0. The molecule has 5 heteroatoms. The maximum absolute atomic E-state index is 2.12. The Morgan fingerprint density at radius 2 is 1.67 bits per heavy atom. The SMILES string of the molecule is C[n+]1ccn(C[n+]2ccccc2)c1.[Cl-].[Cl-]. The smallest absolute Gasteiger partial charge is 0.289 e. The van der Waals surface area contributed by atoms with E-state index in [4.69, 9.17) is 0 Å². The summed E-state index contributed by atoms with van der Waals surface area (Å²) in [5.41, 5.74) is 0. The van der Waals surface area contributed by atoms with Gasteiger partial charge in [-0.1, -0.05) is 6.07 Å². The Labute approximate surface area is 102 Å². The average molecular weight is 246 g/mol. The van der Waals surface area contributed by atoms with Crippen LogP contribution in [0, 0.1) is 0 Å². The maximum atomic E-state index is 2.12. The Hall–Kier alpha value is -1.06. The third-order valence-corrected chi connectivity index (χ3v) is 1.93. The number of hydrogen-bond donors (Lipinski definition) is 0. The predicted molar refractivity (Wildman–Crippen MR) is 47.6 cm³/mol. The van der Waals surface area contributed by atoms with E-state index in [9.17, 15) is 0 Å². The van der Waals surface area contributed by atoms with Crippen molar-refractivity contribution in [2.24, 2.45) is 7.05 Å². The first-order chi connectivity index (χ1) is 6.34. The molecule has 0 bridgehead atoms. The van der Waals surface area contributed by atoms with Crippen LogP contribution in [0.2, 0.25) is 0 Å². The van der Waals surface area contributed by atoms with Crippen LogP contribution in [0.25, 0.3) is 0 Å². The van der Waals surface area contributed by atoms with Crippen LogP contribution >= 0.6 is 0 Å². The number of imidazole rings is 1. The van der Waals surface area contributed by atoms with Gasteiger partial charge >= 0.3 is 0 Å². The lowest BCUT2D eigenvalue weighted by atomic mass is 10.5. The molecule has 0 N–H and O–H groups in total. The Morgan fingerprint density at radius 3 is 2.20 bits per heavy atom. The summed E-state index contributed by atoms with van der Waals surface area (Å²) in [6, 6.07) is 6.08. The van der Waals surface area contributed by atoms with Crippen molar-refractivity contribution >= 4 is 0 Å². The molecule has 0 aromatic carbocycles. The molecular weight excluding hydrogens is 233 g/mol. The first kappa shape index (κ1) is 13.9. The number of rotatable bonds is 2. The van der Waals surface area contributed by atoms with Crippen molar-refractivity contribution in [3.05, 3.63) is 49.3 Å². The second-order valence-electron chi connectivity index (χ2n) is 3.12. The van der Waals surface area contributed by atoms with Crippen molar-refractivity contribution in [1.82, 2.24) is 4.57 Å². The van der Waals surface area contributed by atoms with E-state index in [1.807, 2.05) is 36.0 Å². The van der Waals surface area contributed by atoms with Crippen LogP contribution < -0.4 is 33.9 Å². The Morgan fingerprint density at radius 1 is 1.00 bits per heavy atom. The minimum Gasteiger partial charge on any atom is -1.00 e. The van der Waals surface area contributed by atoms with Crippen molar-refractivity contribution < 1.29 is 33.9 Å². The van der Waals surface area contributed by atoms with Gasteiger partial charge in [0.05, 0.1) is 7.05 Å². The summed E-state index contributed by atoms with van der Waals surface area (Å²) in [7, 11) is 2.02. The highest BCUT2D eigenvalue weighted by Crippen LogP contribution is 1.82. The highest BCUT2D eigenvalue weighted by Gasteiger charge is 2.04. The standard InChI is InChI=1S/C10H13N3.2ClH/c1-11-7-8-13(9-11)10-12-5-3-2-4-6-12;;/h2-9H,10H2,1H3;2*1H/q+2;;/p-2. The van der Waals surface area contributed by atoms with Gasteiger partial charge in [0.1, 0.15) is 12.4 Å². The van der Waals surface area contributed by atoms with E-state index in [-0.39, 0.29) is 24.8 Å². The molecule has 0 saturated carbocycles. The second kappa shape index (κ2) is 6.43. The zero-order valence-corrected chi connectivity index (χ0v) is 9.94. The van der Waals surface area contributed by atoms with Gasteiger partial charge in [-0.2, -0.15) is 9.13 Å². The maximum Gasteiger partial charge on any atom is 0.289 e. The van der Waals surface area contributed by atoms with Gasteiger partial charge in [-0.05, 0) is 0 Å². The molecule has 2 aromatic heterocycles. The number of halogens is 2. The van der Waals surface area contributed by atoms with Crippen molar-refractivity contribution in [1.29, 1.82) is 0 Å². The summed E-state index contributed by atoms with van der Waals surface area (Å²) < 4.78 is 6.28. The monoisotopic (exact) mass is 245 g/mol. The minimum absolute atomic E-state index is 0. The van der Waals surface area contributed by atoms with E-state index >= 15 is 0 Å². The quantitative estimate of drug-likeness (QED) is 0.468. The molecule has 3 nitrogen and oxygen atoms in total. The van der Waals surface area contributed by atoms with Gasteiger partial charge in [0, 0.05) is 12.1 Å². The fraction of sp³-hybridized carbons (Fsp3) is 0.200. The van der Waals surface area contributed by atoms with Gasteiger partial charge in [-0.15, -0.1) is 0 Å². The fourth-order valence-electron chi connectivity index (χ4n) is 1.30. The number of nitrogens with zero attached hydrogens (tertiary/aromatic N) is 3. The number of pyridine rings is 1. The third-order valence-electron chi connectivity index (χ3n) is 1.93. The Kier molecular flexibility index (Phi) is 5.97. The van der Waals surface area contributed by atoms with E-state index in [1.165, 1.54) is 0 Å². The lowest BCUT2D eigenvalue weighted by Crippen LogP contribution is -3.00. The highest BCUT2D eigenvalue weighted by atomic mass is 35.5. The third kappa shape index (κ3) is 3.90. The average Bonchev–Trinajstić information content (AvgIpc) is 2.53. The summed E-state index contributed by atoms with van der Waals surface area (Å²) in [5, 5.41) is 0. The molecule has 0 aliphatic carbocycles. The van der Waals surface area contributed by atoms with Crippen LogP contribution in [0.15, 0.2) is 49.3 Å². The van der Waals surface area contributed by atoms with Crippen molar-refractivity contribution in [2.75, 3.05) is 0 Å². The molecule has 0 fully saturated rings. The lowest BCUT2D eigenvalue weighted by Gasteiger charge is -1.90. The van der Waals surface area contributed by atoms with E-state index in [1.54, 1.807) is 0 Å². The zero-order valence-electron chi connectivity index (χ0n) is 8.42. The van der Waals surface area contributed by atoms with Crippen LogP contribution in [0.4, 0.5) is 0 Å². The molecule has 2 aromatic rings. The predicted octanol–water partition coefficient (Wildman–Crippen LogP) is -5.89. The molecule has 2 heterocycles. The van der Waals surface area contributed by atoms with Crippen LogP contribution in [0.3, 0.4) is 0 Å². The van der Waals surface area contributed by atoms with Crippen LogP contribution in [0.1, 0.15) is 0 Å². The molecule has 0 spiro atoms. The summed E-state index contributed by atoms with van der Waals surface area (Å²) in [6.07, 6.45) is 10.3. The summed E-state index contributed by atoms with van der Waals surface area (Å²) in [6.45, 7) is 0.863. The molecule has 0 saturated heterocycles. The van der Waals surface area contributed by atoms with E-state index in [0.29, 0.717) is 0 Å². The Bertz CT molecular complexity index is 387. The molecule has 0 atom stereocenters. The number of aromatic nitrogens is 3. The molecule has 0 aliphatic rings. The first-order valence-electron chi connectivity index (χ1n) is 4.30. The van der Waals surface area contributed by atoms with E-state index in [0.717, 1.165) is 6.67 Å². The topological polar surface area (TPSA) is 12.7 Å². The molecule has 0 unspecified atom stereocenters. The van der Waals surface area contributed by atoms with Crippen molar-refractivity contribution in [3.63, 3.8) is 0 Å². The number of aryl methyl sites for hydroxylation is 1. The summed E-state index contributed by atoms with van der Waals surface area (Å²) in [4.78, 5) is 0. The van der Waals surface area contributed by atoms with Gasteiger partial charge in [-0.25, -0.2) is 4.57 Å². The van der Waals surface area contributed by atoms with Crippen LogP contribution in [-0.2, 0) is 13.7 Å². The molecule has 0 aliphatic heterocycles. The second-order valence-corrected chi connectivity index (χ2v) is 3.12. The lowest BCUT2D eigenvalue weighted by molar-refractivity contribution is -0.707. The van der Waals surface area contributed by atoms with Gasteiger partial charge in [-0.3, -0.25) is 0 Å². The molecule has 82 valence electrons. The number of hydrogen-bond acceptors (Lipinski definition) is 0. The largest absolute Gasteiger partial charge is 1.00 e. The van der Waals surface area contributed by atoms with Crippen LogP contribution in [-0.4, -0.2) is 4.57 Å². The normalized spacial score (nSPS) is 8.87. The van der Waals surface area contributed by atoms with Crippen molar-refractivity contribution in [2.45, 2.75) is 6.67 Å². The highest BCUT2D eigenvalue weighted by molar-refractivity contribution is 4.83. The van der Waals surface area contributed by atoms with E-state index < -0.39 is 0 Å². The Balaban J connectivity index is 0.000000980. The molecular formula is C10H13Cl2N3. The van der Waals surface area contributed by atoms with Gasteiger partial charge in [0.25, 0.3) is 6.67 Å². The molecule has 0 amide bonds. The van der Waals surface area contributed by atoms with Gasteiger partial charge < -0.3 is 24.8 Å². The summed E-state index contributed by atoms with van der Waals surface area (Å²) in [5.74, 6) is 0. The van der Waals surface area contributed by atoms with E-state index in [2.05, 4.69) is 34.1 Å². The molecule has 0 radical (unpaired) electrons. The molecule has 15 heavy (non-hydrogen) atoms. The fourth-order valence-corrected chi connectivity index (χ4v) is 1.30. The first-order valence-corrected chi connectivity index (χ1v) is 4.30. The van der Waals surface area contributed by atoms with Gasteiger partial charge in [0.15, 0.2) is 12.4 Å². The van der Waals surface area contributed by atoms with Crippen LogP contribution in [0.5, 0.6) is 0 Å². The van der Waals surface area contributed by atoms with Gasteiger partial charge in [0.2, 0.25) is 6.33 Å². The molecule has 2 rings (SSSR count). The van der Waals surface area contributed by atoms with Crippen molar-refractivity contribution in [3.8, 4) is 0 Å². The zero-order chi connectivity index (χ0) is 9.10.